The molecule has 1 atom stereocenters. The minimum absolute atomic E-state index is 0.131. The molecule has 0 saturated carbocycles. The molecule has 28 heavy (non-hydrogen) atoms. The number of hydrogen-bond acceptors (Lipinski definition) is 7. The molecule has 0 saturated heterocycles. The van der Waals surface area contributed by atoms with Crippen LogP contribution in [0.1, 0.15) is 11.6 Å². The van der Waals surface area contributed by atoms with E-state index in [-0.39, 0.29) is 12.6 Å². The number of hydrogen-bond donors (Lipinski definition) is 2. The molecule has 140 valence electrons. The first-order valence-electron chi connectivity index (χ1n) is 8.45. The van der Waals surface area contributed by atoms with Crippen LogP contribution in [0.2, 0.25) is 0 Å². The highest BCUT2D eigenvalue weighted by molar-refractivity contribution is 14.1. The van der Waals surface area contributed by atoms with Crippen molar-refractivity contribution in [3.05, 3.63) is 58.0 Å². The summed E-state index contributed by atoms with van der Waals surface area (Å²) in [6.45, 7) is -0.131. The summed E-state index contributed by atoms with van der Waals surface area (Å²) < 4.78 is 9.58. The van der Waals surface area contributed by atoms with E-state index in [1.807, 2.05) is 24.3 Å². The highest BCUT2D eigenvalue weighted by Gasteiger charge is 2.22. The number of anilines is 1. The lowest BCUT2D eigenvalue weighted by Crippen LogP contribution is -2.17. The summed E-state index contributed by atoms with van der Waals surface area (Å²) in [5.41, 5.74) is 8.12. The van der Waals surface area contributed by atoms with Gasteiger partial charge in [0, 0.05) is 3.57 Å². The summed E-state index contributed by atoms with van der Waals surface area (Å²) in [6.07, 6.45) is 3.22. The number of benzene rings is 1. The summed E-state index contributed by atoms with van der Waals surface area (Å²) in [5, 5.41) is 19.6. The maximum Gasteiger partial charge on any atom is 0.225 e. The molecule has 9 nitrogen and oxygen atoms in total. The maximum absolute atomic E-state index is 10.0. The van der Waals surface area contributed by atoms with Crippen molar-refractivity contribution in [2.45, 2.75) is 6.04 Å². The Labute approximate surface area is 172 Å². The van der Waals surface area contributed by atoms with E-state index in [2.05, 4.69) is 42.8 Å². The summed E-state index contributed by atoms with van der Waals surface area (Å²) >= 11 is 2.24. The molecule has 0 bridgehead atoms. The number of fused-ring (bicyclic) bond motifs is 3. The zero-order valence-electron chi connectivity index (χ0n) is 14.4. The minimum atomic E-state index is -0.394. The average molecular weight is 487 g/mol. The first-order valence-corrected chi connectivity index (χ1v) is 9.53. The Morgan fingerprint density at radius 3 is 2.82 bits per heavy atom. The molecule has 0 aliphatic carbocycles. The van der Waals surface area contributed by atoms with Gasteiger partial charge in [0.25, 0.3) is 0 Å². The first-order chi connectivity index (χ1) is 13.7. The number of halogens is 1. The third-order valence-electron chi connectivity index (χ3n) is 4.50. The van der Waals surface area contributed by atoms with Crippen molar-refractivity contribution < 1.29 is 9.52 Å². The second-order valence-corrected chi connectivity index (χ2v) is 7.44. The maximum atomic E-state index is 10.0. The van der Waals surface area contributed by atoms with E-state index in [1.54, 1.807) is 29.3 Å². The number of nitrogens with two attached hydrogens (primary N) is 1. The van der Waals surface area contributed by atoms with E-state index >= 15 is 0 Å². The number of nitrogens with zero attached hydrogens (tertiary/aromatic N) is 6. The second kappa shape index (κ2) is 6.56. The third-order valence-corrected chi connectivity index (χ3v) is 5.17. The monoisotopic (exact) mass is 487 g/mol. The van der Waals surface area contributed by atoms with Crippen molar-refractivity contribution in [1.29, 1.82) is 0 Å². The molecule has 5 rings (SSSR count). The Hall–Kier alpha value is -2.99. The lowest BCUT2D eigenvalue weighted by molar-refractivity contribution is 0.243. The zero-order chi connectivity index (χ0) is 19.3. The van der Waals surface area contributed by atoms with Gasteiger partial charge in [-0.1, -0.05) is 12.1 Å². The quantitative estimate of drug-likeness (QED) is 0.374. The van der Waals surface area contributed by atoms with Crippen LogP contribution in [0.25, 0.3) is 28.3 Å². The van der Waals surface area contributed by atoms with Gasteiger partial charge in [-0.25, -0.2) is 9.67 Å². The van der Waals surface area contributed by atoms with E-state index in [1.165, 1.54) is 4.52 Å². The Balaban J connectivity index is 1.71. The highest BCUT2D eigenvalue weighted by atomic mass is 127. The Morgan fingerprint density at radius 1 is 1.18 bits per heavy atom. The summed E-state index contributed by atoms with van der Waals surface area (Å²) in [5.74, 6) is 1.12. The topological polar surface area (TPSA) is 120 Å². The average Bonchev–Trinajstić information content (AvgIpc) is 3.42. The van der Waals surface area contributed by atoms with Gasteiger partial charge < -0.3 is 15.3 Å². The normalized spacial score (nSPS) is 12.8. The van der Waals surface area contributed by atoms with Crippen molar-refractivity contribution in [3.8, 4) is 11.6 Å². The number of aliphatic hydroxyl groups is 1. The van der Waals surface area contributed by atoms with Crippen LogP contribution < -0.4 is 5.73 Å². The molecule has 3 N–H and O–H groups in total. The molecule has 5 aromatic rings. The van der Waals surface area contributed by atoms with Crippen LogP contribution in [0.5, 0.6) is 0 Å². The van der Waals surface area contributed by atoms with Crippen LogP contribution in [-0.4, -0.2) is 41.1 Å². The van der Waals surface area contributed by atoms with Crippen molar-refractivity contribution in [1.82, 2.24) is 29.4 Å². The molecule has 1 unspecified atom stereocenters. The summed E-state index contributed by atoms with van der Waals surface area (Å²) in [4.78, 5) is 9.02. The van der Waals surface area contributed by atoms with Crippen molar-refractivity contribution in [3.63, 3.8) is 0 Å². The molecule has 1 aromatic carbocycles. The molecule has 0 amide bonds. The Bertz CT molecular complexity index is 1290. The van der Waals surface area contributed by atoms with Gasteiger partial charge in [0.2, 0.25) is 11.8 Å². The number of nitrogen functional groups attached to an aromatic ring is 1. The van der Waals surface area contributed by atoms with Crippen LogP contribution in [-0.2, 0) is 0 Å². The van der Waals surface area contributed by atoms with Crippen LogP contribution in [0, 0.1) is 3.57 Å². The summed E-state index contributed by atoms with van der Waals surface area (Å²) in [7, 11) is 0. The van der Waals surface area contributed by atoms with Crippen LogP contribution >= 0.6 is 22.6 Å². The first kappa shape index (κ1) is 17.1. The van der Waals surface area contributed by atoms with Crippen LogP contribution in [0.4, 0.5) is 5.95 Å². The van der Waals surface area contributed by atoms with Crippen molar-refractivity contribution in [2.75, 3.05) is 12.3 Å². The number of aliphatic hydroxyl groups excluding tert-OH is 1. The van der Waals surface area contributed by atoms with Crippen LogP contribution in [0.3, 0.4) is 0 Å². The lowest BCUT2D eigenvalue weighted by atomic mass is 10.1. The molecule has 0 spiro atoms. The van der Waals surface area contributed by atoms with Gasteiger partial charge in [-0.05, 0) is 52.4 Å². The molecular formula is C18H14IN7O2. The number of aromatic nitrogens is 6. The zero-order valence-corrected chi connectivity index (χ0v) is 16.6. The lowest BCUT2D eigenvalue weighted by Gasteiger charge is -2.16. The van der Waals surface area contributed by atoms with E-state index in [9.17, 15) is 5.11 Å². The van der Waals surface area contributed by atoms with Crippen molar-refractivity contribution >= 4 is 45.2 Å². The Kier molecular flexibility index (Phi) is 4.02. The number of furan rings is 1. The van der Waals surface area contributed by atoms with Crippen LogP contribution in [0.15, 0.2) is 53.3 Å². The third kappa shape index (κ3) is 2.64. The molecule has 10 heteroatoms. The van der Waals surface area contributed by atoms with E-state index < -0.39 is 6.04 Å². The minimum Gasteiger partial charge on any atom is -0.461 e. The van der Waals surface area contributed by atoms with E-state index in [4.69, 9.17) is 10.2 Å². The molecule has 0 radical (unpaired) electrons. The SMILES string of the molecule is Nc1nc2c(cnn2C(CO)c2cccc(I)c2)c2nc(-c3ccco3)nn12. The molecule has 0 fully saturated rings. The molecular weight excluding hydrogens is 473 g/mol. The Morgan fingerprint density at radius 2 is 2.07 bits per heavy atom. The van der Waals surface area contributed by atoms with E-state index in [0.717, 1.165) is 9.13 Å². The molecule has 0 aliphatic heterocycles. The van der Waals surface area contributed by atoms with Gasteiger partial charge in [-0.3, -0.25) is 0 Å². The smallest absolute Gasteiger partial charge is 0.225 e. The number of rotatable bonds is 4. The molecule has 4 heterocycles. The van der Waals surface area contributed by atoms with Crippen molar-refractivity contribution in [2.24, 2.45) is 0 Å². The standard InChI is InChI=1S/C18H14IN7O2/c19-11-4-1-3-10(7-11)13(9-27)25-17-12(8-21-25)16-22-15(14-5-2-6-28-14)24-26(16)18(20)23-17/h1-8,13,27H,9H2,(H2,20,23). The van der Waals surface area contributed by atoms with Gasteiger partial charge in [0.05, 0.1) is 24.5 Å². The largest absolute Gasteiger partial charge is 0.461 e. The van der Waals surface area contributed by atoms with Gasteiger partial charge in [-0.15, -0.1) is 5.10 Å². The molecule has 0 aliphatic rings. The summed E-state index contributed by atoms with van der Waals surface area (Å²) in [6, 6.07) is 11.0. The fourth-order valence-corrected chi connectivity index (χ4v) is 3.77. The fourth-order valence-electron chi connectivity index (χ4n) is 3.20. The van der Waals surface area contributed by atoms with Gasteiger partial charge in [0.15, 0.2) is 17.1 Å². The van der Waals surface area contributed by atoms with Gasteiger partial charge in [-0.2, -0.15) is 14.6 Å². The fraction of sp³-hybridized carbons (Fsp3) is 0.111. The predicted molar refractivity (Wildman–Crippen MR) is 111 cm³/mol. The van der Waals surface area contributed by atoms with Gasteiger partial charge >= 0.3 is 0 Å². The van der Waals surface area contributed by atoms with E-state index in [0.29, 0.717) is 28.3 Å². The predicted octanol–water partition coefficient (Wildman–Crippen LogP) is 2.50. The molecule has 4 aromatic heterocycles. The van der Waals surface area contributed by atoms with Gasteiger partial charge in [0.1, 0.15) is 6.04 Å². The highest BCUT2D eigenvalue weighted by Crippen LogP contribution is 2.27. The second-order valence-electron chi connectivity index (χ2n) is 6.20.